The molecular weight excluding hydrogens is 168 g/mol. The molecule has 0 radical (unpaired) electrons. The second kappa shape index (κ2) is 4.59. The standard InChI is InChI=1S/C8H14N4O/c1-3-4-6(2)10-8(13)7-5-9-12-11-7/h5-6H,3-4H2,1-2H3,(H,10,13)(H,9,11,12). The van der Waals surface area contributed by atoms with E-state index in [-0.39, 0.29) is 11.9 Å². The molecule has 1 heterocycles. The van der Waals surface area contributed by atoms with Crippen molar-refractivity contribution in [3.63, 3.8) is 0 Å². The van der Waals surface area contributed by atoms with E-state index in [4.69, 9.17) is 0 Å². The first kappa shape index (κ1) is 9.70. The molecule has 1 rings (SSSR count). The van der Waals surface area contributed by atoms with Crippen LogP contribution < -0.4 is 5.32 Å². The first-order valence-corrected chi connectivity index (χ1v) is 4.40. The molecule has 0 fully saturated rings. The van der Waals surface area contributed by atoms with Gasteiger partial charge in [0.05, 0.1) is 6.20 Å². The van der Waals surface area contributed by atoms with E-state index < -0.39 is 0 Å². The third kappa shape index (κ3) is 2.85. The van der Waals surface area contributed by atoms with Crippen molar-refractivity contribution in [2.75, 3.05) is 0 Å². The van der Waals surface area contributed by atoms with E-state index in [1.807, 2.05) is 6.92 Å². The Morgan fingerprint density at radius 3 is 3.08 bits per heavy atom. The highest BCUT2D eigenvalue weighted by molar-refractivity contribution is 5.91. The molecule has 0 saturated heterocycles. The number of carbonyl (C=O) groups is 1. The van der Waals surface area contributed by atoms with E-state index in [0.717, 1.165) is 12.8 Å². The fraction of sp³-hybridized carbons (Fsp3) is 0.625. The fourth-order valence-corrected chi connectivity index (χ4v) is 1.11. The number of aromatic nitrogens is 3. The summed E-state index contributed by atoms with van der Waals surface area (Å²) in [6, 6.07) is 0.189. The van der Waals surface area contributed by atoms with Crippen LogP contribution in [0.25, 0.3) is 0 Å². The lowest BCUT2D eigenvalue weighted by molar-refractivity contribution is 0.0933. The van der Waals surface area contributed by atoms with Gasteiger partial charge >= 0.3 is 0 Å². The van der Waals surface area contributed by atoms with E-state index in [1.54, 1.807) is 0 Å². The van der Waals surface area contributed by atoms with Gasteiger partial charge in [0.2, 0.25) is 0 Å². The highest BCUT2D eigenvalue weighted by atomic mass is 16.2. The van der Waals surface area contributed by atoms with Crippen molar-refractivity contribution in [2.45, 2.75) is 32.7 Å². The Morgan fingerprint density at radius 1 is 1.77 bits per heavy atom. The Bertz CT molecular complexity index is 257. The van der Waals surface area contributed by atoms with Crippen molar-refractivity contribution in [3.8, 4) is 0 Å². The van der Waals surface area contributed by atoms with Crippen LogP contribution in [0.4, 0.5) is 0 Å². The molecule has 0 aliphatic heterocycles. The van der Waals surface area contributed by atoms with Gasteiger partial charge in [0.1, 0.15) is 0 Å². The smallest absolute Gasteiger partial charge is 0.273 e. The van der Waals surface area contributed by atoms with Gasteiger partial charge in [-0.25, -0.2) is 0 Å². The highest BCUT2D eigenvalue weighted by Gasteiger charge is 2.10. The number of hydrogen-bond donors (Lipinski definition) is 2. The van der Waals surface area contributed by atoms with Crippen LogP contribution in [0.1, 0.15) is 37.2 Å². The number of nitrogens with one attached hydrogen (secondary N) is 2. The van der Waals surface area contributed by atoms with Crippen LogP contribution >= 0.6 is 0 Å². The van der Waals surface area contributed by atoms with Gasteiger partial charge in [0.25, 0.3) is 5.91 Å². The van der Waals surface area contributed by atoms with Crippen molar-refractivity contribution in [2.24, 2.45) is 0 Å². The molecule has 5 heteroatoms. The first-order valence-electron chi connectivity index (χ1n) is 4.40. The summed E-state index contributed by atoms with van der Waals surface area (Å²) in [5, 5.41) is 12.5. The molecule has 1 aromatic rings. The first-order chi connectivity index (χ1) is 6.24. The summed E-state index contributed by atoms with van der Waals surface area (Å²) in [7, 11) is 0. The van der Waals surface area contributed by atoms with Gasteiger partial charge in [-0.3, -0.25) is 4.79 Å². The van der Waals surface area contributed by atoms with Gasteiger partial charge in [-0.1, -0.05) is 13.3 Å². The van der Waals surface area contributed by atoms with Crippen molar-refractivity contribution >= 4 is 5.91 Å². The number of nitrogens with zero attached hydrogens (tertiary/aromatic N) is 2. The molecule has 13 heavy (non-hydrogen) atoms. The maximum atomic E-state index is 11.4. The Morgan fingerprint density at radius 2 is 2.54 bits per heavy atom. The Hall–Kier alpha value is -1.39. The maximum absolute atomic E-state index is 11.4. The SMILES string of the molecule is CCCC(C)NC(=O)c1cn[nH]n1. The Kier molecular flexibility index (Phi) is 3.42. The van der Waals surface area contributed by atoms with Gasteiger partial charge in [0.15, 0.2) is 5.69 Å². The molecule has 0 bridgehead atoms. The number of aromatic amines is 1. The molecule has 0 aliphatic carbocycles. The maximum Gasteiger partial charge on any atom is 0.273 e. The Balaban J connectivity index is 2.42. The van der Waals surface area contributed by atoms with Gasteiger partial charge in [-0.2, -0.15) is 15.4 Å². The molecule has 0 aliphatic rings. The van der Waals surface area contributed by atoms with Crippen LogP contribution in [0.15, 0.2) is 6.20 Å². The lowest BCUT2D eigenvalue weighted by atomic mass is 10.2. The van der Waals surface area contributed by atoms with E-state index in [1.165, 1.54) is 6.20 Å². The van der Waals surface area contributed by atoms with E-state index >= 15 is 0 Å². The van der Waals surface area contributed by atoms with Crippen LogP contribution in [0.2, 0.25) is 0 Å². The van der Waals surface area contributed by atoms with E-state index in [9.17, 15) is 4.79 Å². The summed E-state index contributed by atoms with van der Waals surface area (Å²) < 4.78 is 0. The molecule has 2 N–H and O–H groups in total. The molecule has 0 saturated carbocycles. The third-order valence-corrected chi connectivity index (χ3v) is 1.75. The summed E-state index contributed by atoms with van der Waals surface area (Å²) in [5.74, 6) is -0.172. The minimum absolute atomic E-state index is 0.172. The number of carbonyl (C=O) groups excluding carboxylic acids is 1. The van der Waals surface area contributed by atoms with Gasteiger partial charge < -0.3 is 5.32 Å². The van der Waals surface area contributed by atoms with Crippen LogP contribution in [-0.4, -0.2) is 27.4 Å². The van der Waals surface area contributed by atoms with Gasteiger partial charge in [-0.15, -0.1) is 0 Å². The van der Waals surface area contributed by atoms with Crippen molar-refractivity contribution in [1.29, 1.82) is 0 Å². The molecule has 1 aromatic heterocycles. The topological polar surface area (TPSA) is 70.7 Å². The van der Waals surface area contributed by atoms with Crippen molar-refractivity contribution in [3.05, 3.63) is 11.9 Å². The average Bonchev–Trinajstić information content (AvgIpc) is 2.55. The Labute approximate surface area is 76.9 Å². The average molecular weight is 182 g/mol. The predicted molar refractivity (Wildman–Crippen MR) is 48.2 cm³/mol. The second-order valence-corrected chi connectivity index (χ2v) is 3.02. The zero-order chi connectivity index (χ0) is 9.68. The van der Waals surface area contributed by atoms with Crippen molar-refractivity contribution in [1.82, 2.24) is 20.7 Å². The van der Waals surface area contributed by atoms with Crippen LogP contribution in [0.3, 0.4) is 0 Å². The normalized spacial score (nSPS) is 12.5. The summed E-state index contributed by atoms with van der Waals surface area (Å²) in [6.45, 7) is 4.06. The van der Waals surface area contributed by atoms with E-state index in [2.05, 4.69) is 27.7 Å². The number of H-pyrrole nitrogens is 1. The molecule has 72 valence electrons. The summed E-state index contributed by atoms with van der Waals surface area (Å²) >= 11 is 0. The van der Waals surface area contributed by atoms with Crippen LogP contribution in [0.5, 0.6) is 0 Å². The third-order valence-electron chi connectivity index (χ3n) is 1.75. The summed E-state index contributed by atoms with van der Waals surface area (Å²) in [5.41, 5.74) is 0.336. The van der Waals surface area contributed by atoms with Crippen LogP contribution in [-0.2, 0) is 0 Å². The molecule has 0 spiro atoms. The lowest BCUT2D eigenvalue weighted by Crippen LogP contribution is -2.32. The molecule has 1 unspecified atom stereocenters. The molecule has 1 atom stereocenters. The summed E-state index contributed by atoms with van der Waals surface area (Å²) in [4.78, 5) is 11.4. The number of rotatable bonds is 4. The zero-order valence-electron chi connectivity index (χ0n) is 7.87. The molecule has 5 nitrogen and oxygen atoms in total. The van der Waals surface area contributed by atoms with Crippen molar-refractivity contribution < 1.29 is 4.79 Å². The zero-order valence-corrected chi connectivity index (χ0v) is 7.87. The lowest BCUT2D eigenvalue weighted by Gasteiger charge is -2.10. The minimum Gasteiger partial charge on any atom is -0.348 e. The molecule has 0 aromatic carbocycles. The van der Waals surface area contributed by atoms with Gasteiger partial charge in [0, 0.05) is 6.04 Å². The summed E-state index contributed by atoms with van der Waals surface area (Å²) in [6.07, 6.45) is 3.44. The minimum atomic E-state index is -0.172. The van der Waals surface area contributed by atoms with Crippen LogP contribution in [0, 0.1) is 0 Å². The fourth-order valence-electron chi connectivity index (χ4n) is 1.11. The predicted octanol–water partition coefficient (Wildman–Crippen LogP) is 0.723. The quantitative estimate of drug-likeness (QED) is 0.720. The monoisotopic (exact) mass is 182 g/mol. The number of amides is 1. The number of hydrogen-bond acceptors (Lipinski definition) is 3. The molecular formula is C8H14N4O. The molecule has 1 amide bonds. The van der Waals surface area contributed by atoms with E-state index in [0.29, 0.717) is 5.69 Å². The van der Waals surface area contributed by atoms with Gasteiger partial charge in [-0.05, 0) is 13.3 Å². The second-order valence-electron chi connectivity index (χ2n) is 3.02. The largest absolute Gasteiger partial charge is 0.348 e. The highest BCUT2D eigenvalue weighted by Crippen LogP contribution is 1.96.